The summed E-state index contributed by atoms with van der Waals surface area (Å²) < 4.78 is 0. The highest BCUT2D eigenvalue weighted by atomic mass is 32.1. The van der Waals surface area contributed by atoms with Crippen LogP contribution in [0.15, 0.2) is 72.1 Å². The highest BCUT2D eigenvalue weighted by molar-refractivity contribution is 7.13. The minimum absolute atomic E-state index is 0.0135. The largest absolute Gasteiger partial charge is 0.439 e. The molecule has 0 saturated heterocycles. The fourth-order valence-electron chi connectivity index (χ4n) is 3.85. The number of carbonyl (C=O) groups excluding carboxylic acids is 3. The van der Waals surface area contributed by atoms with Crippen molar-refractivity contribution in [2.75, 3.05) is 10.2 Å². The molecule has 0 fully saturated rings. The molecule has 0 spiro atoms. The predicted octanol–water partition coefficient (Wildman–Crippen LogP) is 7.17. The minimum Gasteiger partial charge on any atom is -0.326 e. The number of nitrogens with zero attached hydrogens (tertiary/aromatic N) is 1. The number of carbonyl (C=O) groups is 3. The number of unbranched alkanes of at least 4 members (excludes halogenated alkanes) is 3. The van der Waals surface area contributed by atoms with Gasteiger partial charge in [-0.05, 0) is 74.9 Å². The van der Waals surface area contributed by atoms with Crippen LogP contribution in [0.5, 0.6) is 0 Å². The number of nitrogens with one attached hydrogen (secondary N) is 2. The Morgan fingerprint density at radius 3 is 2.05 bits per heavy atom. The van der Waals surface area contributed by atoms with E-state index in [1.807, 2.05) is 92.9 Å². The molecule has 0 aliphatic rings. The van der Waals surface area contributed by atoms with Crippen molar-refractivity contribution in [3.8, 4) is 10.4 Å². The number of thiophene rings is 1. The van der Waals surface area contributed by atoms with E-state index in [4.69, 9.17) is 4.84 Å². The zero-order valence-corrected chi connectivity index (χ0v) is 22.5. The van der Waals surface area contributed by atoms with Crippen molar-refractivity contribution in [3.05, 3.63) is 72.1 Å². The van der Waals surface area contributed by atoms with Crippen LogP contribution in [0.25, 0.3) is 10.4 Å². The highest BCUT2D eigenvalue weighted by Crippen LogP contribution is 2.30. The van der Waals surface area contributed by atoms with Gasteiger partial charge in [0.1, 0.15) is 0 Å². The quantitative estimate of drug-likeness (QED) is 0.219. The first-order valence-corrected chi connectivity index (χ1v) is 13.4. The molecule has 0 radical (unpaired) electrons. The van der Waals surface area contributed by atoms with Gasteiger partial charge in [-0.2, -0.15) is 5.48 Å². The van der Waals surface area contributed by atoms with Gasteiger partial charge in [0.25, 0.3) is 5.91 Å². The summed E-state index contributed by atoms with van der Waals surface area (Å²) in [5.41, 5.74) is 4.28. The van der Waals surface area contributed by atoms with Gasteiger partial charge in [-0.1, -0.05) is 49.2 Å². The zero-order chi connectivity index (χ0) is 26.7. The average molecular weight is 522 g/mol. The highest BCUT2D eigenvalue weighted by Gasteiger charge is 2.30. The second kappa shape index (κ2) is 13.6. The van der Waals surface area contributed by atoms with Crippen molar-refractivity contribution >= 4 is 40.6 Å². The Kier molecular flexibility index (Phi) is 10.3. The van der Waals surface area contributed by atoms with Crippen molar-refractivity contribution in [1.82, 2.24) is 5.48 Å². The van der Waals surface area contributed by atoms with Crippen molar-refractivity contribution in [3.63, 3.8) is 0 Å². The van der Waals surface area contributed by atoms with Gasteiger partial charge in [0.05, 0.1) is 0 Å². The molecule has 0 bridgehead atoms. The first-order valence-electron chi connectivity index (χ1n) is 12.5. The maximum atomic E-state index is 12.9. The fourth-order valence-corrected chi connectivity index (χ4v) is 4.58. The lowest BCUT2D eigenvalue weighted by Gasteiger charge is -2.34. The van der Waals surface area contributed by atoms with Crippen LogP contribution in [0, 0.1) is 0 Å². The maximum absolute atomic E-state index is 12.9. The van der Waals surface area contributed by atoms with E-state index in [-0.39, 0.29) is 18.2 Å². The smallest absolute Gasteiger partial charge is 0.326 e. The third kappa shape index (κ3) is 9.06. The SMILES string of the molecule is CC(C)(C)N(C(=O)ONC(=O)CCCCCCC(=O)Nc1ccccc1)c1ccc(-c2cccs2)cc1. The lowest BCUT2D eigenvalue weighted by molar-refractivity contribution is -0.129. The van der Waals surface area contributed by atoms with Crippen LogP contribution in [-0.4, -0.2) is 23.4 Å². The summed E-state index contributed by atoms with van der Waals surface area (Å²) in [5, 5.41) is 4.89. The van der Waals surface area contributed by atoms with Crippen LogP contribution in [0.2, 0.25) is 0 Å². The molecule has 1 aromatic heterocycles. The van der Waals surface area contributed by atoms with E-state index >= 15 is 0 Å². The molecule has 3 amide bonds. The van der Waals surface area contributed by atoms with Gasteiger partial charge in [-0.3, -0.25) is 14.5 Å². The van der Waals surface area contributed by atoms with Crippen LogP contribution >= 0.6 is 11.3 Å². The average Bonchev–Trinajstić information content (AvgIpc) is 3.40. The summed E-state index contributed by atoms with van der Waals surface area (Å²) in [5.74, 6) is -0.363. The summed E-state index contributed by atoms with van der Waals surface area (Å²) in [6.45, 7) is 5.72. The van der Waals surface area contributed by atoms with Crippen molar-refractivity contribution in [1.29, 1.82) is 0 Å². The Hall–Kier alpha value is -3.65. The van der Waals surface area contributed by atoms with Gasteiger partial charge in [0, 0.05) is 34.6 Å². The Bertz CT molecular complexity index is 1140. The third-order valence-electron chi connectivity index (χ3n) is 5.65. The molecular formula is C29H35N3O4S. The number of rotatable bonds is 10. The molecule has 7 nitrogen and oxygen atoms in total. The fraction of sp³-hybridized carbons (Fsp3) is 0.345. The lowest BCUT2D eigenvalue weighted by Crippen LogP contribution is -2.48. The van der Waals surface area contributed by atoms with E-state index in [1.54, 1.807) is 11.3 Å². The number of anilines is 2. The molecule has 3 aromatic rings. The molecule has 0 atom stereocenters. The van der Waals surface area contributed by atoms with Crippen LogP contribution in [0.3, 0.4) is 0 Å². The van der Waals surface area contributed by atoms with Crippen molar-refractivity contribution in [2.45, 2.75) is 64.8 Å². The van der Waals surface area contributed by atoms with E-state index in [0.29, 0.717) is 18.5 Å². The predicted molar refractivity (Wildman–Crippen MR) is 149 cm³/mol. The van der Waals surface area contributed by atoms with Gasteiger partial charge in [0.15, 0.2) is 0 Å². The summed E-state index contributed by atoms with van der Waals surface area (Å²) in [6.07, 6.45) is 3.09. The third-order valence-corrected chi connectivity index (χ3v) is 6.57. The summed E-state index contributed by atoms with van der Waals surface area (Å²) >= 11 is 1.65. The van der Waals surface area contributed by atoms with E-state index < -0.39 is 11.6 Å². The normalized spacial score (nSPS) is 11.0. The standard InChI is InChI=1S/C29H35N3O4S/c1-29(2,3)32(24-19-17-22(18-20-24)25-14-11-21-37-25)28(35)36-31-27(34)16-10-5-4-9-15-26(33)30-23-12-7-6-8-13-23/h6-8,11-14,17-21H,4-5,9-10,15-16H2,1-3H3,(H,30,33)(H,31,34). The molecule has 1 heterocycles. The molecule has 0 aliphatic carbocycles. The summed E-state index contributed by atoms with van der Waals surface area (Å²) in [4.78, 5) is 44.9. The Morgan fingerprint density at radius 2 is 1.46 bits per heavy atom. The van der Waals surface area contributed by atoms with Gasteiger partial charge < -0.3 is 10.2 Å². The number of amides is 3. The number of hydrogen-bond acceptors (Lipinski definition) is 5. The molecule has 2 aromatic carbocycles. The van der Waals surface area contributed by atoms with Crippen LogP contribution < -0.4 is 15.7 Å². The summed E-state index contributed by atoms with van der Waals surface area (Å²) in [7, 11) is 0. The number of benzene rings is 2. The second-order valence-electron chi connectivity index (χ2n) is 9.75. The number of hydroxylamine groups is 1. The van der Waals surface area contributed by atoms with Gasteiger partial charge >= 0.3 is 6.09 Å². The van der Waals surface area contributed by atoms with Crippen LogP contribution in [-0.2, 0) is 14.4 Å². The molecular weight excluding hydrogens is 486 g/mol. The van der Waals surface area contributed by atoms with E-state index in [9.17, 15) is 14.4 Å². The first kappa shape index (κ1) is 27.9. The first-order chi connectivity index (χ1) is 17.7. The Morgan fingerprint density at radius 1 is 0.811 bits per heavy atom. The molecule has 2 N–H and O–H groups in total. The summed E-state index contributed by atoms with van der Waals surface area (Å²) in [6, 6.07) is 21.1. The van der Waals surface area contributed by atoms with Gasteiger partial charge in [-0.25, -0.2) is 4.79 Å². The molecule has 0 aliphatic heterocycles. The van der Waals surface area contributed by atoms with E-state index in [2.05, 4.69) is 10.8 Å². The Labute approximate surface area is 222 Å². The topological polar surface area (TPSA) is 87.7 Å². The van der Waals surface area contributed by atoms with Gasteiger partial charge in [0.2, 0.25) is 5.91 Å². The molecule has 0 saturated carbocycles. The van der Waals surface area contributed by atoms with Crippen molar-refractivity contribution < 1.29 is 19.2 Å². The molecule has 196 valence electrons. The maximum Gasteiger partial charge on any atom is 0.439 e. The second-order valence-corrected chi connectivity index (χ2v) is 10.7. The lowest BCUT2D eigenvalue weighted by atomic mass is 10.0. The minimum atomic E-state index is -0.644. The number of hydrogen-bond donors (Lipinski definition) is 2. The molecule has 3 rings (SSSR count). The molecule has 37 heavy (non-hydrogen) atoms. The Balaban J connectivity index is 1.37. The van der Waals surface area contributed by atoms with Crippen molar-refractivity contribution in [2.24, 2.45) is 0 Å². The van der Waals surface area contributed by atoms with E-state index in [1.165, 1.54) is 4.90 Å². The molecule has 0 unspecified atom stereocenters. The molecule has 8 heteroatoms. The monoisotopic (exact) mass is 521 g/mol. The number of para-hydroxylation sites is 1. The van der Waals surface area contributed by atoms with Crippen LogP contribution in [0.4, 0.5) is 16.2 Å². The van der Waals surface area contributed by atoms with E-state index in [0.717, 1.165) is 35.4 Å². The van der Waals surface area contributed by atoms with Gasteiger partial charge in [-0.15, -0.1) is 11.3 Å². The zero-order valence-electron chi connectivity index (χ0n) is 21.7. The van der Waals surface area contributed by atoms with Crippen LogP contribution in [0.1, 0.15) is 59.3 Å².